The monoisotopic (exact) mass is 480 g/mol. The molecule has 174 valence electrons. The van der Waals surface area contributed by atoms with Gasteiger partial charge in [-0.25, -0.2) is 17.6 Å². The molecule has 0 bridgehead atoms. The third-order valence-electron chi connectivity index (χ3n) is 5.19. The summed E-state index contributed by atoms with van der Waals surface area (Å²) in [5.74, 6) is 8.32. The van der Waals surface area contributed by atoms with Gasteiger partial charge in [0, 0.05) is 16.7 Å². The highest BCUT2D eigenvalue weighted by atomic mass is 32.2. The fraction of sp³-hybridized carbons (Fsp3) is 0.241. The first-order valence-corrected chi connectivity index (χ1v) is 12.3. The van der Waals surface area contributed by atoms with E-state index in [0.717, 1.165) is 37.4 Å². The van der Waals surface area contributed by atoms with Crippen LogP contribution in [0.5, 0.6) is 0 Å². The zero-order valence-electron chi connectivity index (χ0n) is 19.1. The fourth-order valence-corrected chi connectivity index (χ4v) is 3.90. The molecule has 0 heterocycles. The summed E-state index contributed by atoms with van der Waals surface area (Å²) in [6.45, 7) is 2.12. The number of rotatable bonds is 6. The normalized spacial score (nSPS) is 10.3. The number of thioether (sulfide) groups is 1. The summed E-state index contributed by atoms with van der Waals surface area (Å²) in [4.78, 5) is -0.0389. The van der Waals surface area contributed by atoms with Crippen molar-refractivity contribution in [1.29, 1.82) is 0 Å². The lowest BCUT2D eigenvalue weighted by atomic mass is 10.0. The molecule has 0 aromatic heterocycles. The van der Waals surface area contributed by atoms with E-state index in [1.165, 1.54) is 24.3 Å². The zero-order chi connectivity index (χ0) is 24.5. The molecule has 0 unspecified atom stereocenters. The molecule has 0 amide bonds. The molecule has 3 rings (SSSR count). The van der Waals surface area contributed by atoms with Crippen LogP contribution in [0.3, 0.4) is 0 Å². The first-order chi connectivity index (χ1) is 16.4. The Labute approximate surface area is 202 Å². The summed E-state index contributed by atoms with van der Waals surface area (Å²) in [6, 6.07) is 11.8. The Balaban J connectivity index is 1.71. The molecule has 0 saturated carbocycles. The highest BCUT2D eigenvalue weighted by Gasteiger charge is 2.10. The van der Waals surface area contributed by atoms with E-state index >= 15 is 0 Å². The Hall–Kier alpha value is -3.15. The van der Waals surface area contributed by atoms with E-state index in [1.54, 1.807) is 30.5 Å². The summed E-state index contributed by atoms with van der Waals surface area (Å²) in [5, 5.41) is 0. The van der Waals surface area contributed by atoms with Gasteiger partial charge in [0.25, 0.3) is 0 Å². The first-order valence-electron chi connectivity index (χ1n) is 11.1. The van der Waals surface area contributed by atoms with Crippen molar-refractivity contribution >= 4 is 11.8 Å². The molecule has 0 radical (unpaired) electrons. The van der Waals surface area contributed by atoms with E-state index in [-0.39, 0.29) is 16.0 Å². The average molecular weight is 481 g/mol. The van der Waals surface area contributed by atoms with Crippen molar-refractivity contribution in [2.75, 3.05) is 6.26 Å². The third kappa shape index (κ3) is 6.92. The van der Waals surface area contributed by atoms with Crippen molar-refractivity contribution in [3.8, 4) is 23.7 Å². The summed E-state index contributed by atoms with van der Waals surface area (Å²) >= 11 is 0.999. The predicted octanol–water partition coefficient (Wildman–Crippen LogP) is 7.89. The van der Waals surface area contributed by atoms with Crippen LogP contribution in [0, 0.1) is 47.0 Å². The molecule has 0 atom stereocenters. The summed E-state index contributed by atoms with van der Waals surface area (Å²) < 4.78 is 56.6. The number of aryl methyl sites for hydroxylation is 1. The second-order valence-electron chi connectivity index (χ2n) is 7.80. The predicted molar refractivity (Wildman–Crippen MR) is 131 cm³/mol. The van der Waals surface area contributed by atoms with Gasteiger partial charge in [-0.1, -0.05) is 49.9 Å². The van der Waals surface area contributed by atoms with Gasteiger partial charge in [-0.15, -0.1) is 11.8 Å². The molecule has 0 aliphatic heterocycles. The molecule has 0 fully saturated rings. The van der Waals surface area contributed by atoms with Gasteiger partial charge in [0.1, 0.15) is 23.3 Å². The van der Waals surface area contributed by atoms with Crippen LogP contribution in [0.2, 0.25) is 0 Å². The summed E-state index contributed by atoms with van der Waals surface area (Å²) in [7, 11) is 0. The van der Waals surface area contributed by atoms with Crippen molar-refractivity contribution in [3.05, 3.63) is 99.6 Å². The maximum Gasteiger partial charge on any atom is 0.142 e. The molecular weight excluding hydrogens is 456 g/mol. The molecule has 3 aromatic carbocycles. The Morgan fingerprint density at radius 2 is 1.18 bits per heavy atom. The lowest BCUT2D eigenvalue weighted by molar-refractivity contribution is 0.540. The van der Waals surface area contributed by atoms with Crippen molar-refractivity contribution in [2.24, 2.45) is 0 Å². The Bertz CT molecular complexity index is 1230. The van der Waals surface area contributed by atoms with Gasteiger partial charge >= 0.3 is 0 Å². The maximum absolute atomic E-state index is 14.4. The molecule has 0 nitrogen and oxygen atoms in total. The summed E-state index contributed by atoms with van der Waals surface area (Å²) in [5.41, 5.74) is 1.80. The largest absolute Gasteiger partial charge is 0.206 e. The Morgan fingerprint density at radius 3 is 1.71 bits per heavy atom. The summed E-state index contributed by atoms with van der Waals surface area (Å²) in [6.07, 6.45) is 6.41. The molecule has 0 spiro atoms. The van der Waals surface area contributed by atoms with E-state index < -0.39 is 23.3 Å². The average Bonchev–Trinajstić information content (AvgIpc) is 2.80. The molecule has 34 heavy (non-hydrogen) atoms. The van der Waals surface area contributed by atoms with Crippen LogP contribution >= 0.6 is 11.8 Å². The number of halogens is 4. The second-order valence-corrected chi connectivity index (χ2v) is 8.61. The standard InChI is InChI=1S/C29H24F4S/c1-3-4-5-6-7-22-16-25(30)24(26(31)17-22)15-14-21-10-8-20(9-11-21)12-13-23-18-27(32)29(34-2)28(33)19-23/h8-11,16-19H,3-7H2,1-2H3. The minimum Gasteiger partial charge on any atom is -0.206 e. The topological polar surface area (TPSA) is 0 Å². The molecular formula is C29H24F4S. The molecule has 0 N–H and O–H groups in total. The van der Waals surface area contributed by atoms with E-state index in [2.05, 4.69) is 30.6 Å². The number of unbranched alkanes of at least 4 members (excludes halogenated alkanes) is 3. The molecule has 0 aliphatic rings. The molecule has 0 saturated heterocycles. The first kappa shape index (κ1) is 25.5. The highest BCUT2D eigenvalue weighted by Crippen LogP contribution is 2.24. The van der Waals surface area contributed by atoms with Gasteiger partial charge < -0.3 is 0 Å². The van der Waals surface area contributed by atoms with E-state index in [9.17, 15) is 17.6 Å². The number of benzene rings is 3. The molecule has 3 aromatic rings. The molecule has 5 heteroatoms. The lowest BCUT2D eigenvalue weighted by Crippen LogP contribution is -1.95. The minimum atomic E-state index is -0.660. The van der Waals surface area contributed by atoms with Gasteiger partial charge in [0.05, 0.1) is 10.5 Å². The van der Waals surface area contributed by atoms with Crippen LogP contribution in [-0.2, 0) is 6.42 Å². The van der Waals surface area contributed by atoms with Gasteiger partial charge in [-0.2, -0.15) is 0 Å². The Kier molecular flexibility index (Phi) is 9.25. The number of hydrogen-bond donors (Lipinski definition) is 0. The van der Waals surface area contributed by atoms with Crippen LogP contribution in [0.25, 0.3) is 0 Å². The van der Waals surface area contributed by atoms with Crippen LogP contribution in [0.4, 0.5) is 17.6 Å². The van der Waals surface area contributed by atoms with Crippen molar-refractivity contribution in [1.82, 2.24) is 0 Å². The molecule has 0 aliphatic carbocycles. The van der Waals surface area contributed by atoms with Gasteiger partial charge in [-0.05, 0) is 73.2 Å². The van der Waals surface area contributed by atoms with E-state index in [1.807, 2.05) is 0 Å². The van der Waals surface area contributed by atoms with Crippen molar-refractivity contribution < 1.29 is 17.6 Å². The van der Waals surface area contributed by atoms with Crippen molar-refractivity contribution in [2.45, 2.75) is 43.9 Å². The van der Waals surface area contributed by atoms with Crippen molar-refractivity contribution in [3.63, 3.8) is 0 Å². The van der Waals surface area contributed by atoms with E-state index in [0.29, 0.717) is 23.1 Å². The SMILES string of the molecule is CCCCCCc1cc(F)c(C#Cc2ccc(C#Cc3cc(F)c(SC)c(F)c3)cc2)c(F)c1. The van der Waals surface area contributed by atoms with E-state index in [4.69, 9.17) is 0 Å². The fourth-order valence-electron chi connectivity index (χ4n) is 3.39. The quantitative estimate of drug-likeness (QED) is 0.150. The maximum atomic E-state index is 14.4. The Morgan fingerprint density at radius 1 is 0.647 bits per heavy atom. The van der Waals surface area contributed by atoms with Gasteiger partial charge in [-0.3, -0.25) is 0 Å². The van der Waals surface area contributed by atoms with Crippen LogP contribution in [-0.4, -0.2) is 6.26 Å². The van der Waals surface area contributed by atoms with Gasteiger partial charge in [0.2, 0.25) is 0 Å². The smallest absolute Gasteiger partial charge is 0.142 e. The minimum absolute atomic E-state index is 0.0389. The second kappa shape index (κ2) is 12.4. The highest BCUT2D eigenvalue weighted by molar-refractivity contribution is 7.98. The van der Waals surface area contributed by atoms with Crippen LogP contribution in [0.1, 0.15) is 60.4 Å². The third-order valence-corrected chi connectivity index (χ3v) is 5.99. The number of hydrogen-bond acceptors (Lipinski definition) is 1. The zero-order valence-corrected chi connectivity index (χ0v) is 19.9. The lowest BCUT2D eigenvalue weighted by Gasteiger charge is -2.04. The van der Waals surface area contributed by atoms with Crippen LogP contribution in [0.15, 0.2) is 53.4 Å². The van der Waals surface area contributed by atoms with Crippen LogP contribution < -0.4 is 0 Å². The van der Waals surface area contributed by atoms with Gasteiger partial charge in [0.15, 0.2) is 0 Å².